The first kappa shape index (κ1) is 33.2. The Morgan fingerprint density at radius 1 is 1.18 bits per heavy atom. The average molecular weight is 735 g/mol. The van der Waals surface area contributed by atoms with Crippen LogP contribution in [-0.2, 0) is 4.79 Å². The molecule has 3 saturated heterocycles. The summed E-state index contributed by atoms with van der Waals surface area (Å²) in [6, 6.07) is 10.0. The minimum absolute atomic E-state index is 0.00961. The van der Waals surface area contributed by atoms with Crippen molar-refractivity contribution in [3.05, 3.63) is 65.9 Å². The van der Waals surface area contributed by atoms with Crippen LogP contribution in [0.5, 0.6) is 6.01 Å². The molecule has 0 aliphatic carbocycles. The molecule has 2 aromatic carbocycles. The second-order valence-corrected chi connectivity index (χ2v) is 13.7. The Morgan fingerprint density at radius 3 is 2.86 bits per heavy atom. The molecule has 13 heteroatoms. The molecule has 2 aromatic heterocycles. The Morgan fingerprint density at radius 2 is 2.04 bits per heavy atom. The maximum absolute atomic E-state index is 16.8. The number of allylic oxidation sites excluding steroid dienone is 1. The number of rotatable bonds is 8. The van der Waals surface area contributed by atoms with E-state index in [9.17, 15) is 18.8 Å². The number of nitrogens with zero attached hydrogens (tertiary/aromatic N) is 7. The molecule has 49 heavy (non-hydrogen) atoms. The number of carbonyl (C=O) groups excluding carboxylic acids is 1. The third-order valence-corrected chi connectivity index (χ3v) is 10.5. The van der Waals surface area contributed by atoms with Gasteiger partial charge in [0.05, 0.1) is 29.5 Å². The molecular formula is C36H35BrF3N7O2. The predicted octanol–water partition coefficient (Wildman–Crippen LogP) is 6.27. The van der Waals surface area contributed by atoms with E-state index < -0.39 is 29.4 Å². The summed E-state index contributed by atoms with van der Waals surface area (Å²) in [5.41, 5.74) is 0.316. The second kappa shape index (κ2) is 13.6. The number of hydrogen-bond acceptors (Lipinski definition) is 8. The van der Waals surface area contributed by atoms with Gasteiger partial charge in [0.2, 0.25) is 5.91 Å². The van der Waals surface area contributed by atoms with E-state index in [0.29, 0.717) is 59.1 Å². The third-order valence-electron chi connectivity index (χ3n) is 10.1. The topological polar surface area (TPSA) is 98.5 Å². The Hall–Kier alpha value is -4.28. The number of benzene rings is 2. The molecule has 4 aromatic rings. The van der Waals surface area contributed by atoms with Crippen LogP contribution in [0.3, 0.4) is 0 Å². The summed E-state index contributed by atoms with van der Waals surface area (Å²) in [5, 5.41) is 11.8. The van der Waals surface area contributed by atoms with Gasteiger partial charge in [0.1, 0.15) is 35.6 Å². The van der Waals surface area contributed by atoms with E-state index in [0.717, 1.165) is 24.8 Å². The molecule has 254 valence electrons. The smallest absolute Gasteiger partial charge is 0.319 e. The molecule has 3 atom stereocenters. The number of aryl methyl sites for hydroxylation is 1. The first-order valence-electron chi connectivity index (χ1n) is 16.4. The molecule has 1 amide bonds. The lowest BCUT2D eigenvalue weighted by Crippen LogP contribution is -2.55. The molecule has 0 unspecified atom stereocenters. The van der Waals surface area contributed by atoms with Crippen LogP contribution in [0.15, 0.2) is 48.7 Å². The summed E-state index contributed by atoms with van der Waals surface area (Å²) in [4.78, 5) is 32.5. The number of carbonyl (C=O) groups is 1. The zero-order valence-corrected chi connectivity index (χ0v) is 28.6. The molecule has 7 rings (SSSR count). The summed E-state index contributed by atoms with van der Waals surface area (Å²) < 4.78 is 52.4. The largest absolute Gasteiger partial charge is 0.461 e. The second-order valence-electron chi connectivity index (χ2n) is 13.0. The number of aromatic nitrogens is 3. The number of pyridine rings is 1. The van der Waals surface area contributed by atoms with E-state index in [1.165, 1.54) is 18.3 Å². The van der Waals surface area contributed by atoms with Gasteiger partial charge in [0.25, 0.3) is 0 Å². The molecule has 0 bridgehead atoms. The standard InChI is InChI=1S/C36H35BrF3N7O2/c1-22-28(39)9-8-23-5-2-6-26(30(22)23)32-31(40)33-27(18-42-32)34(45-15-16-47(25(20-45)10-13-41)29(48)7-3-12-37)44-35(43-33)49-21-36-11-4-14-46(36)19-24(38)17-36/h2-3,5-9,18,24-25H,4,10-12,14-17,19-21H2,1H3/b7-3+/t24-,25+,36+/m1/s1. The Kier molecular flexibility index (Phi) is 9.19. The number of piperazine rings is 1. The normalized spacial score (nSPS) is 22.7. The van der Waals surface area contributed by atoms with E-state index in [2.05, 4.69) is 36.9 Å². The molecule has 0 radical (unpaired) electrons. The van der Waals surface area contributed by atoms with Crippen LogP contribution in [0.1, 0.15) is 31.2 Å². The van der Waals surface area contributed by atoms with Gasteiger partial charge in [0.15, 0.2) is 5.82 Å². The van der Waals surface area contributed by atoms with E-state index >= 15 is 4.39 Å². The maximum Gasteiger partial charge on any atom is 0.319 e. The van der Waals surface area contributed by atoms with Gasteiger partial charge in [-0.15, -0.1) is 0 Å². The quantitative estimate of drug-likeness (QED) is 0.155. The fourth-order valence-electron chi connectivity index (χ4n) is 7.75. The van der Waals surface area contributed by atoms with E-state index in [1.54, 1.807) is 36.1 Å². The van der Waals surface area contributed by atoms with Crippen LogP contribution in [0.4, 0.5) is 19.0 Å². The van der Waals surface area contributed by atoms with Gasteiger partial charge in [0, 0.05) is 49.7 Å². The number of hydrogen-bond donors (Lipinski definition) is 0. The summed E-state index contributed by atoms with van der Waals surface area (Å²) >= 11 is 3.29. The van der Waals surface area contributed by atoms with Crippen molar-refractivity contribution >= 4 is 49.3 Å². The highest BCUT2D eigenvalue weighted by Crippen LogP contribution is 2.41. The highest BCUT2D eigenvalue weighted by atomic mass is 79.9. The summed E-state index contributed by atoms with van der Waals surface area (Å²) in [6.45, 7) is 3.88. The van der Waals surface area contributed by atoms with Gasteiger partial charge in [-0.2, -0.15) is 15.2 Å². The zero-order valence-electron chi connectivity index (χ0n) is 27.0. The monoisotopic (exact) mass is 733 g/mol. The first-order chi connectivity index (χ1) is 23.7. The van der Waals surface area contributed by atoms with Gasteiger partial charge < -0.3 is 14.5 Å². The third kappa shape index (κ3) is 6.10. The number of amides is 1. The SMILES string of the molecule is Cc1c(F)ccc2cccc(-c3ncc4c(N5CCN(C(=O)/C=C/CBr)[C@@H](CC#N)C5)nc(OC[C@@]56CCCN5C[C@H](F)C6)nc4c3F)c12. The van der Waals surface area contributed by atoms with Crippen LogP contribution in [0, 0.1) is 29.9 Å². The molecule has 3 fully saturated rings. The lowest BCUT2D eigenvalue weighted by Gasteiger charge is -2.41. The van der Waals surface area contributed by atoms with Crippen molar-refractivity contribution in [2.45, 2.75) is 50.4 Å². The molecule has 3 aliphatic rings. The maximum atomic E-state index is 16.8. The summed E-state index contributed by atoms with van der Waals surface area (Å²) in [7, 11) is 0. The van der Waals surface area contributed by atoms with Crippen LogP contribution in [0.25, 0.3) is 32.9 Å². The van der Waals surface area contributed by atoms with Crippen molar-refractivity contribution in [1.29, 1.82) is 5.26 Å². The van der Waals surface area contributed by atoms with Gasteiger partial charge in [-0.3, -0.25) is 14.7 Å². The molecule has 3 aliphatic heterocycles. The van der Waals surface area contributed by atoms with Crippen molar-refractivity contribution in [1.82, 2.24) is 24.8 Å². The fourth-order valence-corrected chi connectivity index (χ4v) is 7.94. The molecule has 9 nitrogen and oxygen atoms in total. The van der Waals surface area contributed by atoms with E-state index in [4.69, 9.17) is 9.72 Å². The van der Waals surface area contributed by atoms with Crippen LogP contribution >= 0.6 is 15.9 Å². The van der Waals surface area contributed by atoms with Crippen molar-refractivity contribution in [3.63, 3.8) is 0 Å². The average Bonchev–Trinajstić information content (AvgIpc) is 3.63. The molecule has 0 saturated carbocycles. The summed E-state index contributed by atoms with van der Waals surface area (Å²) in [6.07, 6.45) is 5.91. The lowest BCUT2D eigenvalue weighted by atomic mass is 9.95. The van der Waals surface area contributed by atoms with Gasteiger partial charge in [-0.05, 0) is 54.8 Å². The first-order valence-corrected chi connectivity index (χ1v) is 17.6. The Labute approximate surface area is 290 Å². The van der Waals surface area contributed by atoms with Crippen LogP contribution in [0.2, 0.25) is 0 Å². The van der Waals surface area contributed by atoms with E-state index in [-0.39, 0.29) is 42.7 Å². The minimum Gasteiger partial charge on any atom is -0.461 e. The number of ether oxygens (including phenoxy) is 1. The minimum atomic E-state index is -0.947. The number of nitriles is 1. The van der Waals surface area contributed by atoms with Gasteiger partial charge >= 0.3 is 6.01 Å². The Balaban J connectivity index is 1.32. The molecule has 0 spiro atoms. The molecular weight excluding hydrogens is 699 g/mol. The lowest BCUT2D eigenvalue weighted by molar-refractivity contribution is -0.128. The fraction of sp³-hybridized carbons (Fsp3) is 0.417. The van der Waals surface area contributed by atoms with Gasteiger partial charge in [-0.1, -0.05) is 46.3 Å². The van der Waals surface area contributed by atoms with E-state index in [1.807, 2.05) is 11.0 Å². The number of alkyl halides is 2. The van der Waals surface area contributed by atoms with Crippen molar-refractivity contribution in [2.24, 2.45) is 0 Å². The summed E-state index contributed by atoms with van der Waals surface area (Å²) in [5.74, 6) is -0.955. The van der Waals surface area contributed by atoms with Crippen molar-refractivity contribution < 1.29 is 22.7 Å². The predicted molar refractivity (Wildman–Crippen MR) is 184 cm³/mol. The van der Waals surface area contributed by atoms with Crippen molar-refractivity contribution in [3.8, 4) is 23.3 Å². The van der Waals surface area contributed by atoms with Gasteiger partial charge in [-0.25, -0.2) is 13.2 Å². The van der Waals surface area contributed by atoms with Crippen molar-refractivity contribution in [2.75, 3.05) is 49.6 Å². The molecule has 5 heterocycles. The highest BCUT2D eigenvalue weighted by molar-refractivity contribution is 9.09. The van der Waals surface area contributed by atoms with Crippen LogP contribution in [-0.4, -0.2) is 93.1 Å². The highest BCUT2D eigenvalue weighted by Gasteiger charge is 2.49. The number of fused-ring (bicyclic) bond motifs is 3. The number of anilines is 1. The van der Waals surface area contributed by atoms with Crippen LogP contribution < -0.4 is 9.64 Å². The number of halogens is 4. The molecule has 0 N–H and O–H groups in total. The zero-order chi connectivity index (χ0) is 34.3. The Bertz CT molecular complexity index is 2010.